The van der Waals surface area contributed by atoms with Gasteiger partial charge in [0.1, 0.15) is 17.8 Å². The van der Waals surface area contributed by atoms with Crippen molar-refractivity contribution < 1.29 is 42.9 Å². The highest BCUT2D eigenvalue weighted by Crippen LogP contribution is 2.41. The summed E-state index contributed by atoms with van der Waals surface area (Å²) >= 11 is 0. The van der Waals surface area contributed by atoms with E-state index in [9.17, 15) is 19.8 Å². The normalized spacial score (nSPS) is 31.5. The molecule has 1 aliphatic carbocycles. The number of nitrogens with two attached hydrogens (primary N) is 1. The number of rotatable bonds is 14. The smallest absolute Gasteiger partial charge is 0.410 e. The molecule has 14 heteroatoms. The number of cyclic esters (lactones) is 1. The van der Waals surface area contributed by atoms with E-state index in [1.807, 2.05) is 26.0 Å². The van der Waals surface area contributed by atoms with Crippen molar-refractivity contribution in [3.05, 3.63) is 36.0 Å². The molecule has 3 fully saturated rings. The van der Waals surface area contributed by atoms with Gasteiger partial charge in [-0.1, -0.05) is 105 Å². The molecule has 0 aromatic carbocycles. The third kappa shape index (κ3) is 16.1. The number of carbonyl (C=O) groups excluding carboxylic acids is 2. The molecule has 65 heavy (non-hydrogen) atoms. The van der Waals surface area contributed by atoms with E-state index in [0.29, 0.717) is 32.0 Å². The lowest BCUT2D eigenvalue weighted by Crippen LogP contribution is -2.53. The summed E-state index contributed by atoms with van der Waals surface area (Å²) in [6, 6.07) is 0.287. The summed E-state index contributed by atoms with van der Waals surface area (Å²) in [5.41, 5.74) is 4.88. The number of hydrogen-bond acceptors (Lipinski definition) is 11. The summed E-state index contributed by atoms with van der Waals surface area (Å²) in [5.74, 6) is -0.740. The standard InChI is InChI=1S/C51H93N3O9Si2/c1-16-40(63-65(14,15)49(7,8)9)44(52)46-41(59-46)35-50(10,57)28-21-22-36(2)45-37(3)25-26-42(60-47(56)54-32-30-53(31-33-54)38-23-19-17-18-20-24-38)51(11,58)29-27-39(34-43(55)61-45)62-64(12,13)48(4,5)6/h21-22,25-26,28,37-42,44-46,57-58H,16-20,23-24,27,29-35,52H2,1-15H3/b26-25+,28-21+,36-22+/t37?,39?,40-,41?,42-,44+,45+,46?,50?,51+/m0/s1. The predicted molar refractivity (Wildman–Crippen MR) is 267 cm³/mol. The van der Waals surface area contributed by atoms with Crippen LogP contribution in [-0.4, -0.2) is 135 Å². The van der Waals surface area contributed by atoms with Crippen LogP contribution < -0.4 is 5.73 Å². The zero-order valence-electron chi connectivity index (χ0n) is 43.4. The molecular formula is C51H93N3O9Si2. The Morgan fingerprint density at radius 3 is 2.14 bits per heavy atom. The summed E-state index contributed by atoms with van der Waals surface area (Å²) in [7, 11) is -4.38. The van der Waals surface area contributed by atoms with E-state index in [4.69, 9.17) is 28.8 Å². The van der Waals surface area contributed by atoms with Crippen molar-refractivity contribution in [2.75, 3.05) is 26.2 Å². The van der Waals surface area contributed by atoms with Crippen LogP contribution in [0.5, 0.6) is 0 Å². The third-order valence-electron chi connectivity index (χ3n) is 15.7. The van der Waals surface area contributed by atoms with Gasteiger partial charge >= 0.3 is 12.1 Å². The molecule has 5 unspecified atom stereocenters. The Bertz CT molecular complexity index is 1630. The lowest BCUT2D eigenvalue weighted by atomic mass is 9.88. The first-order chi connectivity index (χ1) is 30.0. The van der Waals surface area contributed by atoms with Crippen LogP contribution in [0.2, 0.25) is 36.3 Å². The van der Waals surface area contributed by atoms with E-state index in [-0.39, 0.29) is 59.2 Å². The van der Waals surface area contributed by atoms with Crippen LogP contribution in [0.25, 0.3) is 0 Å². The average molecular weight is 948 g/mol. The molecule has 1 amide bonds. The number of hydrogen-bond donors (Lipinski definition) is 3. The van der Waals surface area contributed by atoms with Crippen LogP contribution in [0.1, 0.15) is 147 Å². The first-order valence-corrected chi connectivity index (χ1v) is 30.9. The van der Waals surface area contributed by atoms with Crippen molar-refractivity contribution >= 4 is 28.7 Å². The van der Waals surface area contributed by atoms with Crippen LogP contribution in [0.4, 0.5) is 4.79 Å². The molecule has 10 atom stereocenters. The van der Waals surface area contributed by atoms with E-state index in [1.165, 1.54) is 38.5 Å². The van der Waals surface area contributed by atoms with Crippen molar-refractivity contribution in [3.8, 4) is 0 Å². The molecule has 3 heterocycles. The summed E-state index contributed by atoms with van der Waals surface area (Å²) < 4.78 is 32.1. The fourth-order valence-corrected chi connectivity index (χ4v) is 11.9. The number of ether oxygens (including phenoxy) is 3. The maximum Gasteiger partial charge on any atom is 0.410 e. The minimum Gasteiger partial charge on any atom is -0.457 e. The Kier molecular flexibility index (Phi) is 19.4. The first-order valence-electron chi connectivity index (χ1n) is 25.1. The van der Waals surface area contributed by atoms with E-state index in [2.05, 4.69) is 79.6 Å². The fraction of sp³-hybridized carbons (Fsp3) is 0.843. The van der Waals surface area contributed by atoms with E-state index in [0.717, 1.165) is 25.1 Å². The second kappa shape index (κ2) is 22.7. The summed E-state index contributed by atoms with van der Waals surface area (Å²) in [6.45, 7) is 34.2. The van der Waals surface area contributed by atoms with Gasteiger partial charge in [0.2, 0.25) is 0 Å². The molecule has 0 aromatic heterocycles. The van der Waals surface area contributed by atoms with Crippen molar-refractivity contribution in [1.82, 2.24) is 9.80 Å². The number of amides is 1. The number of nitrogens with zero attached hydrogens (tertiary/aromatic N) is 2. The SMILES string of the molecule is CC[C@H](O[Si](C)(C)C(C)(C)C)[C@@H](N)C1OC1CC(C)(O)/C=C/C=C(\C)[C@H]1OC(=O)CC(O[Si](C)(C)C(C)(C)C)CC[C@@](C)(O)[C@@H](OC(=O)N2CCN(C3CCCCCC3)CC2)/C=C/C1C. The van der Waals surface area contributed by atoms with Crippen molar-refractivity contribution in [2.24, 2.45) is 11.7 Å². The molecule has 0 aromatic rings. The van der Waals surface area contributed by atoms with Gasteiger partial charge in [-0.2, -0.15) is 0 Å². The number of piperazine rings is 1. The molecule has 374 valence electrons. The van der Waals surface area contributed by atoms with Crippen LogP contribution in [0.3, 0.4) is 0 Å². The van der Waals surface area contributed by atoms with Gasteiger partial charge in [-0.3, -0.25) is 9.69 Å². The van der Waals surface area contributed by atoms with Crippen LogP contribution in [-0.2, 0) is 27.9 Å². The van der Waals surface area contributed by atoms with E-state index < -0.39 is 52.2 Å². The Balaban J connectivity index is 1.51. The summed E-state index contributed by atoms with van der Waals surface area (Å²) in [6.07, 6.45) is 15.4. The van der Waals surface area contributed by atoms with Crippen LogP contribution in [0, 0.1) is 5.92 Å². The van der Waals surface area contributed by atoms with Crippen LogP contribution >= 0.6 is 0 Å². The fourth-order valence-electron chi connectivity index (χ4n) is 9.05. The van der Waals surface area contributed by atoms with Crippen molar-refractivity contribution in [1.29, 1.82) is 0 Å². The molecule has 0 bridgehead atoms. The molecule has 0 spiro atoms. The minimum atomic E-state index is -2.34. The zero-order chi connectivity index (χ0) is 48.8. The Morgan fingerprint density at radius 1 is 0.969 bits per heavy atom. The average Bonchev–Trinajstić information content (AvgIpc) is 4.01. The minimum absolute atomic E-state index is 0.0214. The molecule has 12 nitrogen and oxygen atoms in total. The van der Waals surface area contributed by atoms with Gasteiger partial charge in [0.15, 0.2) is 22.7 Å². The topological polar surface area (TPSA) is 157 Å². The molecule has 2 saturated heterocycles. The summed E-state index contributed by atoms with van der Waals surface area (Å²) in [5, 5.41) is 23.6. The number of allylic oxidation sites excluding steroid dienone is 2. The van der Waals surface area contributed by atoms with Gasteiger partial charge in [0.05, 0.1) is 36.4 Å². The molecular weight excluding hydrogens is 855 g/mol. The third-order valence-corrected chi connectivity index (χ3v) is 24.7. The lowest BCUT2D eigenvalue weighted by Gasteiger charge is -2.41. The Labute approximate surface area is 396 Å². The molecule has 3 aliphatic heterocycles. The van der Waals surface area contributed by atoms with Gasteiger partial charge in [0.25, 0.3) is 0 Å². The number of carbonyl (C=O) groups is 2. The highest BCUT2D eigenvalue weighted by molar-refractivity contribution is 6.74. The first kappa shape index (κ1) is 55.7. The van der Waals surface area contributed by atoms with E-state index in [1.54, 1.807) is 37.0 Å². The van der Waals surface area contributed by atoms with Gasteiger partial charge in [0, 0.05) is 44.6 Å². The number of aliphatic hydroxyl groups is 2. The van der Waals surface area contributed by atoms with Gasteiger partial charge in [-0.15, -0.1) is 0 Å². The lowest BCUT2D eigenvalue weighted by molar-refractivity contribution is -0.151. The molecule has 1 saturated carbocycles. The maximum atomic E-state index is 13.9. The Morgan fingerprint density at radius 2 is 1.57 bits per heavy atom. The van der Waals surface area contributed by atoms with Gasteiger partial charge < -0.3 is 43.9 Å². The van der Waals surface area contributed by atoms with Gasteiger partial charge in [-0.05, 0) is 101 Å². The number of esters is 1. The second-order valence-electron chi connectivity index (χ2n) is 23.6. The molecule has 0 radical (unpaired) electrons. The van der Waals surface area contributed by atoms with E-state index >= 15 is 0 Å². The van der Waals surface area contributed by atoms with Crippen molar-refractivity contribution in [3.63, 3.8) is 0 Å². The Hall–Kier alpha value is -1.89. The quantitative estimate of drug-likeness (QED) is 0.0381. The molecule has 4 aliphatic rings. The van der Waals surface area contributed by atoms with Crippen LogP contribution in [0.15, 0.2) is 36.0 Å². The summed E-state index contributed by atoms with van der Waals surface area (Å²) in [4.78, 5) is 32.1. The highest BCUT2D eigenvalue weighted by Gasteiger charge is 2.50. The molecule has 4 N–H and O–H groups in total. The maximum absolute atomic E-state index is 13.9. The van der Waals surface area contributed by atoms with Crippen molar-refractivity contribution in [2.45, 2.75) is 243 Å². The molecule has 4 rings (SSSR count). The highest BCUT2D eigenvalue weighted by atomic mass is 28.4. The predicted octanol–water partition coefficient (Wildman–Crippen LogP) is 9.80. The van der Waals surface area contributed by atoms with Gasteiger partial charge in [-0.25, -0.2) is 4.79 Å². The number of epoxide rings is 1. The zero-order valence-corrected chi connectivity index (χ0v) is 45.4. The largest absolute Gasteiger partial charge is 0.457 e. The second-order valence-corrected chi connectivity index (χ2v) is 33.1. The monoisotopic (exact) mass is 948 g/mol.